The third-order valence-electron chi connectivity index (χ3n) is 1.38. The summed E-state index contributed by atoms with van der Waals surface area (Å²) < 4.78 is 5.30. The molecular weight excluding hydrogens is 170 g/mol. The number of nitrogens with two attached hydrogens (primary N) is 1. The van der Waals surface area contributed by atoms with Gasteiger partial charge in [-0.3, -0.25) is 0 Å². The minimum absolute atomic E-state index is 0.619. The highest BCUT2D eigenvalue weighted by Crippen LogP contribution is 2.19. The van der Waals surface area contributed by atoms with E-state index in [4.69, 9.17) is 10.5 Å². The monoisotopic (exact) mass is 183 g/mol. The first-order valence-electron chi connectivity index (χ1n) is 3.92. The molecule has 0 atom stereocenters. The standard InChI is InChI=1S/C9H13NOS/c1-2-11-8-3-5-9(6-4-8)12-7-10/h3-6H,2,7,10H2,1H3. The van der Waals surface area contributed by atoms with Gasteiger partial charge in [0.1, 0.15) is 5.75 Å². The van der Waals surface area contributed by atoms with Gasteiger partial charge in [-0.2, -0.15) is 0 Å². The summed E-state index contributed by atoms with van der Waals surface area (Å²) in [5.41, 5.74) is 5.39. The van der Waals surface area contributed by atoms with Crippen molar-refractivity contribution in [2.24, 2.45) is 5.73 Å². The van der Waals surface area contributed by atoms with E-state index < -0.39 is 0 Å². The second kappa shape index (κ2) is 5.06. The Morgan fingerprint density at radius 3 is 2.50 bits per heavy atom. The quantitative estimate of drug-likeness (QED) is 0.573. The highest BCUT2D eigenvalue weighted by molar-refractivity contribution is 7.99. The van der Waals surface area contributed by atoms with E-state index in [0.717, 1.165) is 5.75 Å². The minimum Gasteiger partial charge on any atom is -0.494 e. The van der Waals surface area contributed by atoms with Crippen LogP contribution < -0.4 is 10.5 Å². The fraction of sp³-hybridized carbons (Fsp3) is 0.333. The van der Waals surface area contributed by atoms with Crippen molar-refractivity contribution >= 4 is 11.8 Å². The van der Waals surface area contributed by atoms with Gasteiger partial charge in [-0.05, 0) is 31.2 Å². The van der Waals surface area contributed by atoms with Gasteiger partial charge in [0.2, 0.25) is 0 Å². The number of ether oxygens (including phenoxy) is 1. The molecule has 0 spiro atoms. The fourth-order valence-electron chi connectivity index (χ4n) is 0.895. The van der Waals surface area contributed by atoms with E-state index in [1.54, 1.807) is 11.8 Å². The number of rotatable bonds is 4. The van der Waals surface area contributed by atoms with Crippen LogP contribution in [0.1, 0.15) is 6.92 Å². The summed E-state index contributed by atoms with van der Waals surface area (Å²) in [6.07, 6.45) is 0. The molecule has 2 N–H and O–H groups in total. The Bertz CT molecular complexity index is 197. The van der Waals surface area contributed by atoms with E-state index in [-0.39, 0.29) is 0 Å². The van der Waals surface area contributed by atoms with Gasteiger partial charge in [0.15, 0.2) is 0 Å². The van der Waals surface area contributed by atoms with Crippen molar-refractivity contribution in [2.45, 2.75) is 11.8 Å². The lowest BCUT2D eigenvalue weighted by Crippen LogP contribution is -1.92. The molecule has 0 bridgehead atoms. The zero-order valence-electron chi connectivity index (χ0n) is 7.12. The molecule has 0 saturated carbocycles. The predicted octanol–water partition coefficient (Wildman–Crippen LogP) is 2.09. The summed E-state index contributed by atoms with van der Waals surface area (Å²) in [4.78, 5) is 1.18. The molecular formula is C9H13NOS. The van der Waals surface area contributed by atoms with Gasteiger partial charge >= 0.3 is 0 Å². The molecule has 0 amide bonds. The molecule has 0 fully saturated rings. The largest absolute Gasteiger partial charge is 0.494 e. The fourth-order valence-corrected chi connectivity index (χ4v) is 1.42. The lowest BCUT2D eigenvalue weighted by molar-refractivity contribution is 0.340. The molecule has 0 heterocycles. The van der Waals surface area contributed by atoms with Crippen molar-refractivity contribution in [1.29, 1.82) is 0 Å². The second-order valence-corrected chi connectivity index (χ2v) is 3.31. The lowest BCUT2D eigenvalue weighted by atomic mass is 10.3. The smallest absolute Gasteiger partial charge is 0.119 e. The maximum absolute atomic E-state index is 5.39. The van der Waals surface area contributed by atoms with Crippen LogP contribution in [0.25, 0.3) is 0 Å². The Morgan fingerprint density at radius 2 is 2.00 bits per heavy atom. The lowest BCUT2D eigenvalue weighted by Gasteiger charge is -2.03. The van der Waals surface area contributed by atoms with Crippen molar-refractivity contribution in [3.8, 4) is 5.75 Å². The zero-order chi connectivity index (χ0) is 8.81. The molecule has 0 aliphatic carbocycles. The summed E-state index contributed by atoms with van der Waals surface area (Å²) >= 11 is 1.62. The van der Waals surface area contributed by atoms with Crippen molar-refractivity contribution < 1.29 is 4.74 Å². The first-order valence-corrected chi connectivity index (χ1v) is 4.91. The first kappa shape index (κ1) is 9.42. The molecule has 12 heavy (non-hydrogen) atoms. The molecule has 0 saturated heterocycles. The number of hydrogen-bond donors (Lipinski definition) is 1. The van der Waals surface area contributed by atoms with E-state index in [1.165, 1.54) is 4.90 Å². The third-order valence-corrected chi connectivity index (χ3v) is 2.16. The minimum atomic E-state index is 0.619. The Balaban J connectivity index is 2.58. The Hall–Kier alpha value is -0.670. The highest BCUT2D eigenvalue weighted by atomic mass is 32.2. The average Bonchev–Trinajstić information content (AvgIpc) is 2.09. The molecule has 1 aromatic rings. The van der Waals surface area contributed by atoms with Gasteiger partial charge < -0.3 is 10.5 Å². The molecule has 0 aromatic heterocycles. The van der Waals surface area contributed by atoms with Crippen LogP contribution in [-0.2, 0) is 0 Å². The van der Waals surface area contributed by atoms with Crippen LogP contribution in [0.15, 0.2) is 29.2 Å². The van der Waals surface area contributed by atoms with Gasteiger partial charge in [0.05, 0.1) is 6.61 Å². The van der Waals surface area contributed by atoms with Crippen molar-refractivity contribution in [3.05, 3.63) is 24.3 Å². The van der Waals surface area contributed by atoms with Crippen LogP contribution in [0, 0.1) is 0 Å². The Kier molecular flexibility index (Phi) is 3.97. The SMILES string of the molecule is CCOc1ccc(SCN)cc1. The van der Waals surface area contributed by atoms with Gasteiger partial charge in [-0.1, -0.05) is 0 Å². The highest BCUT2D eigenvalue weighted by Gasteiger charge is 1.93. The average molecular weight is 183 g/mol. The predicted molar refractivity (Wildman–Crippen MR) is 52.5 cm³/mol. The van der Waals surface area contributed by atoms with Crippen LogP contribution in [-0.4, -0.2) is 12.5 Å². The molecule has 0 aliphatic rings. The van der Waals surface area contributed by atoms with E-state index in [0.29, 0.717) is 12.5 Å². The third kappa shape index (κ3) is 2.75. The first-order chi connectivity index (χ1) is 5.86. The Morgan fingerprint density at radius 1 is 1.33 bits per heavy atom. The van der Waals surface area contributed by atoms with Crippen LogP contribution >= 0.6 is 11.8 Å². The van der Waals surface area contributed by atoms with E-state index in [9.17, 15) is 0 Å². The van der Waals surface area contributed by atoms with Gasteiger partial charge in [-0.15, -0.1) is 11.8 Å². The van der Waals surface area contributed by atoms with Gasteiger partial charge in [0, 0.05) is 10.8 Å². The molecule has 66 valence electrons. The van der Waals surface area contributed by atoms with E-state index in [1.807, 2.05) is 31.2 Å². The molecule has 1 aromatic carbocycles. The number of benzene rings is 1. The van der Waals surface area contributed by atoms with Crippen LogP contribution in [0.4, 0.5) is 0 Å². The number of hydrogen-bond acceptors (Lipinski definition) is 3. The molecule has 2 nitrogen and oxygen atoms in total. The van der Waals surface area contributed by atoms with E-state index >= 15 is 0 Å². The normalized spacial score (nSPS) is 9.83. The zero-order valence-corrected chi connectivity index (χ0v) is 7.93. The van der Waals surface area contributed by atoms with Crippen molar-refractivity contribution in [2.75, 3.05) is 12.5 Å². The Labute approximate surface area is 77.1 Å². The van der Waals surface area contributed by atoms with Gasteiger partial charge in [-0.25, -0.2) is 0 Å². The van der Waals surface area contributed by atoms with Gasteiger partial charge in [0.25, 0.3) is 0 Å². The summed E-state index contributed by atoms with van der Waals surface area (Å²) in [6, 6.07) is 7.95. The summed E-state index contributed by atoms with van der Waals surface area (Å²) in [5.74, 6) is 1.53. The van der Waals surface area contributed by atoms with Crippen molar-refractivity contribution in [1.82, 2.24) is 0 Å². The molecule has 0 radical (unpaired) electrons. The van der Waals surface area contributed by atoms with Crippen molar-refractivity contribution in [3.63, 3.8) is 0 Å². The number of thioether (sulfide) groups is 1. The maximum atomic E-state index is 5.39. The van der Waals surface area contributed by atoms with Crippen LogP contribution in [0.2, 0.25) is 0 Å². The maximum Gasteiger partial charge on any atom is 0.119 e. The van der Waals surface area contributed by atoms with E-state index in [2.05, 4.69) is 0 Å². The molecule has 0 aliphatic heterocycles. The summed E-state index contributed by atoms with van der Waals surface area (Å²) in [6.45, 7) is 2.69. The summed E-state index contributed by atoms with van der Waals surface area (Å²) in [7, 11) is 0. The molecule has 0 unspecified atom stereocenters. The molecule has 3 heteroatoms. The van der Waals surface area contributed by atoms with Crippen LogP contribution in [0.3, 0.4) is 0 Å². The second-order valence-electron chi connectivity index (χ2n) is 2.22. The topological polar surface area (TPSA) is 35.2 Å². The summed E-state index contributed by atoms with van der Waals surface area (Å²) in [5, 5.41) is 0. The van der Waals surface area contributed by atoms with Crippen LogP contribution in [0.5, 0.6) is 5.75 Å². The molecule has 1 rings (SSSR count).